The van der Waals surface area contributed by atoms with Crippen LogP contribution in [0.1, 0.15) is 18.5 Å². The monoisotopic (exact) mass is 218 g/mol. The summed E-state index contributed by atoms with van der Waals surface area (Å²) < 4.78 is 0. The molecule has 2 rings (SSSR count). The first kappa shape index (κ1) is 11.1. The molecule has 1 fully saturated rings. The molecule has 0 bridgehead atoms. The Kier molecular flexibility index (Phi) is 3.88. The van der Waals surface area contributed by atoms with E-state index >= 15 is 0 Å². The van der Waals surface area contributed by atoms with Crippen molar-refractivity contribution < 1.29 is 0 Å². The second kappa shape index (κ2) is 5.61. The second-order valence-electron chi connectivity index (χ2n) is 4.07. The molecule has 4 nitrogen and oxygen atoms in total. The zero-order valence-corrected chi connectivity index (χ0v) is 9.45. The van der Waals surface area contributed by atoms with Crippen molar-refractivity contribution in [2.75, 3.05) is 18.4 Å². The fourth-order valence-corrected chi connectivity index (χ4v) is 1.87. The minimum absolute atomic E-state index is 0.480. The van der Waals surface area contributed by atoms with E-state index in [2.05, 4.69) is 27.2 Å². The predicted octanol–water partition coefficient (Wildman–Crippen LogP) is 1.37. The molecule has 86 valence electrons. The van der Waals surface area contributed by atoms with Crippen molar-refractivity contribution in [2.45, 2.75) is 25.3 Å². The van der Waals surface area contributed by atoms with Crippen LogP contribution in [0.3, 0.4) is 0 Å². The molecule has 1 aromatic heterocycles. The Hall–Kier alpha value is -1.42. The van der Waals surface area contributed by atoms with E-state index in [-0.39, 0.29) is 0 Å². The van der Waals surface area contributed by atoms with Gasteiger partial charge in [0.2, 0.25) is 0 Å². The Morgan fingerprint density at radius 3 is 3.06 bits per heavy atom. The van der Waals surface area contributed by atoms with Gasteiger partial charge >= 0.3 is 0 Å². The Morgan fingerprint density at radius 2 is 2.44 bits per heavy atom. The van der Waals surface area contributed by atoms with Gasteiger partial charge in [-0.2, -0.15) is 0 Å². The van der Waals surface area contributed by atoms with Crippen molar-refractivity contribution in [3.05, 3.63) is 30.7 Å². The zero-order chi connectivity index (χ0) is 11.2. The van der Waals surface area contributed by atoms with E-state index in [0.717, 1.165) is 31.0 Å². The highest BCUT2D eigenvalue weighted by Crippen LogP contribution is 2.09. The van der Waals surface area contributed by atoms with E-state index in [4.69, 9.17) is 0 Å². The van der Waals surface area contributed by atoms with Gasteiger partial charge in [0, 0.05) is 19.0 Å². The van der Waals surface area contributed by atoms with Gasteiger partial charge in [0.15, 0.2) is 0 Å². The van der Waals surface area contributed by atoms with Gasteiger partial charge < -0.3 is 10.6 Å². The largest absolute Gasteiger partial charge is 0.365 e. The molecule has 0 saturated carbocycles. The van der Waals surface area contributed by atoms with Crippen LogP contribution in [-0.4, -0.2) is 29.1 Å². The van der Waals surface area contributed by atoms with Gasteiger partial charge in [-0.3, -0.25) is 4.98 Å². The molecule has 1 saturated heterocycles. The predicted molar refractivity (Wildman–Crippen MR) is 65.4 cm³/mol. The number of nitrogens with one attached hydrogen (secondary N) is 2. The van der Waals surface area contributed by atoms with Gasteiger partial charge in [0.05, 0.1) is 18.1 Å². The molecule has 4 heteroatoms. The number of hydrogen-bond acceptors (Lipinski definition) is 4. The highest BCUT2D eigenvalue weighted by atomic mass is 15.1. The molecule has 1 atom stereocenters. The lowest BCUT2D eigenvalue weighted by atomic mass is 10.1. The quantitative estimate of drug-likeness (QED) is 0.749. The standard InChI is InChI=1S/C12H18N4/c1-2-4-10-8-15-12(9-14-10)16-11-5-3-6-13-7-11/h2,8-9,11,13H,1,3-7H2,(H,15,16)/t11-/m1/s1. The molecule has 16 heavy (non-hydrogen) atoms. The first-order valence-electron chi connectivity index (χ1n) is 5.77. The summed E-state index contributed by atoms with van der Waals surface area (Å²) in [6, 6.07) is 0.480. The van der Waals surface area contributed by atoms with Crippen molar-refractivity contribution in [3.63, 3.8) is 0 Å². The number of piperidine rings is 1. The minimum Gasteiger partial charge on any atom is -0.365 e. The van der Waals surface area contributed by atoms with Crippen LogP contribution in [0.15, 0.2) is 25.0 Å². The van der Waals surface area contributed by atoms with Gasteiger partial charge in [-0.25, -0.2) is 4.98 Å². The third-order valence-electron chi connectivity index (χ3n) is 2.71. The third-order valence-corrected chi connectivity index (χ3v) is 2.71. The molecule has 1 aromatic rings. The molecule has 2 N–H and O–H groups in total. The van der Waals surface area contributed by atoms with Crippen molar-refractivity contribution in [3.8, 4) is 0 Å². The lowest BCUT2D eigenvalue weighted by Gasteiger charge is -2.24. The molecule has 0 unspecified atom stereocenters. The van der Waals surface area contributed by atoms with Gasteiger partial charge in [-0.05, 0) is 19.4 Å². The summed E-state index contributed by atoms with van der Waals surface area (Å²) in [4.78, 5) is 8.66. The highest BCUT2D eigenvalue weighted by molar-refractivity contribution is 5.32. The molecular formula is C12H18N4. The zero-order valence-electron chi connectivity index (χ0n) is 9.45. The average molecular weight is 218 g/mol. The smallest absolute Gasteiger partial charge is 0.144 e. The number of anilines is 1. The summed E-state index contributed by atoms with van der Waals surface area (Å²) in [5.74, 6) is 0.863. The Morgan fingerprint density at radius 1 is 1.50 bits per heavy atom. The van der Waals surface area contributed by atoms with Crippen LogP contribution in [0, 0.1) is 0 Å². The Labute approximate surface area is 96.2 Å². The van der Waals surface area contributed by atoms with Crippen LogP contribution < -0.4 is 10.6 Å². The number of hydrogen-bond donors (Lipinski definition) is 2. The SMILES string of the molecule is C=CCc1cnc(N[C@@H]2CCCNC2)cn1. The van der Waals surface area contributed by atoms with Crippen molar-refractivity contribution in [2.24, 2.45) is 0 Å². The summed E-state index contributed by atoms with van der Waals surface area (Å²) >= 11 is 0. The topological polar surface area (TPSA) is 49.8 Å². The lowest BCUT2D eigenvalue weighted by Crippen LogP contribution is -2.38. The summed E-state index contributed by atoms with van der Waals surface area (Å²) in [6.07, 6.45) is 8.64. The summed E-state index contributed by atoms with van der Waals surface area (Å²) in [5.41, 5.74) is 0.960. The fraction of sp³-hybridized carbons (Fsp3) is 0.500. The van der Waals surface area contributed by atoms with Crippen LogP contribution in [0.5, 0.6) is 0 Å². The molecule has 0 aromatic carbocycles. The van der Waals surface area contributed by atoms with Crippen LogP contribution in [0.4, 0.5) is 5.82 Å². The molecule has 0 spiro atoms. The van der Waals surface area contributed by atoms with E-state index in [1.54, 1.807) is 12.4 Å². The molecule has 2 heterocycles. The summed E-state index contributed by atoms with van der Waals surface area (Å²) in [5, 5.41) is 6.75. The van der Waals surface area contributed by atoms with Crippen LogP contribution in [-0.2, 0) is 6.42 Å². The maximum absolute atomic E-state index is 4.34. The van der Waals surface area contributed by atoms with Gasteiger partial charge in [0.25, 0.3) is 0 Å². The Bertz CT molecular complexity index is 327. The Balaban J connectivity index is 1.90. The van der Waals surface area contributed by atoms with Crippen molar-refractivity contribution >= 4 is 5.82 Å². The van der Waals surface area contributed by atoms with E-state index < -0.39 is 0 Å². The van der Waals surface area contributed by atoms with Crippen molar-refractivity contribution in [1.29, 1.82) is 0 Å². The van der Waals surface area contributed by atoms with E-state index in [0.29, 0.717) is 6.04 Å². The molecular weight excluding hydrogens is 200 g/mol. The number of rotatable bonds is 4. The first-order chi connectivity index (χ1) is 7.88. The summed E-state index contributed by atoms with van der Waals surface area (Å²) in [7, 11) is 0. The molecule has 0 aliphatic carbocycles. The van der Waals surface area contributed by atoms with E-state index in [1.165, 1.54) is 12.8 Å². The van der Waals surface area contributed by atoms with Gasteiger partial charge in [0.1, 0.15) is 5.82 Å². The summed E-state index contributed by atoms with van der Waals surface area (Å²) in [6.45, 7) is 5.82. The van der Waals surface area contributed by atoms with E-state index in [9.17, 15) is 0 Å². The lowest BCUT2D eigenvalue weighted by molar-refractivity contribution is 0.479. The number of nitrogens with zero attached hydrogens (tertiary/aromatic N) is 2. The normalized spacial score (nSPS) is 20.4. The fourth-order valence-electron chi connectivity index (χ4n) is 1.87. The molecule has 0 radical (unpaired) electrons. The third kappa shape index (κ3) is 3.03. The van der Waals surface area contributed by atoms with E-state index in [1.807, 2.05) is 6.08 Å². The van der Waals surface area contributed by atoms with Crippen LogP contribution >= 0.6 is 0 Å². The highest BCUT2D eigenvalue weighted by Gasteiger charge is 2.12. The minimum atomic E-state index is 0.480. The van der Waals surface area contributed by atoms with Crippen molar-refractivity contribution in [1.82, 2.24) is 15.3 Å². The van der Waals surface area contributed by atoms with Gasteiger partial charge in [-0.15, -0.1) is 6.58 Å². The second-order valence-corrected chi connectivity index (χ2v) is 4.07. The van der Waals surface area contributed by atoms with Crippen LogP contribution in [0.2, 0.25) is 0 Å². The first-order valence-corrected chi connectivity index (χ1v) is 5.77. The van der Waals surface area contributed by atoms with Crippen LogP contribution in [0.25, 0.3) is 0 Å². The number of aromatic nitrogens is 2. The molecule has 0 amide bonds. The average Bonchev–Trinajstić information content (AvgIpc) is 2.33. The van der Waals surface area contributed by atoms with Gasteiger partial charge in [-0.1, -0.05) is 6.08 Å². The molecule has 1 aliphatic heterocycles. The maximum Gasteiger partial charge on any atom is 0.144 e. The number of allylic oxidation sites excluding steroid dienone is 1. The molecule has 1 aliphatic rings. The maximum atomic E-state index is 4.34.